The van der Waals surface area contributed by atoms with E-state index in [9.17, 15) is 48.3 Å². The Balaban J connectivity index is 2.16. The minimum Gasteiger partial charge on any atom is -0.481 e. The van der Waals surface area contributed by atoms with Gasteiger partial charge in [0.05, 0.1) is 6.42 Å². The van der Waals surface area contributed by atoms with Crippen molar-refractivity contribution in [2.75, 3.05) is 13.6 Å². The van der Waals surface area contributed by atoms with Crippen molar-refractivity contribution in [2.45, 2.75) is 64.4 Å². The van der Waals surface area contributed by atoms with Gasteiger partial charge in [0.2, 0.25) is 17.7 Å². The van der Waals surface area contributed by atoms with Gasteiger partial charge < -0.3 is 40.5 Å². The molecule has 0 bridgehead atoms. The number of rotatable bonds is 21. The van der Waals surface area contributed by atoms with Crippen molar-refractivity contribution in [3.63, 3.8) is 0 Å². The van der Waals surface area contributed by atoms with Crippen LogP contribution in [0.2, 0.25) is 0 Å². The zero-order valence-corrected chi connectivity index (χ0v) is 30.3. The fourth-order valence-electron chi connectivity index (χ4n) is 4.57. The van der Waals surface area contributed by atoms with Gasteiger partial charge in [0, 0.05) is 32.2 Å². The largest absolute Gasteiger partial charge is 0.481 e. The number of amides is 5. The van der Waals surface area contributed by atoms with Crippen LogP contribution in [0.15, 0.2) is 72.8 Å². The molecule has 0 heterocycles. The predicted molar refractivity (Wildman–Crippen MR) is 191 cm³/mol. The zero-order chi connectivity index (χ0) is 40.9. The molecule has 0 unspecified atom stereocenters. The topological polar surface area (TPSA) is 276 Å². The Hall–Kier alpha value is -6.63. The van der Waals surface area contributed by atoms with Gasteiger partial charge in [0.25, 0.3) is 5.91 Å². The molecule has 0 radical (unpaired) electrons. The van der Waals surface area contributed by atoms with Crippen LogP contribution in [0.4, 0.5) is 4.79 Å². The number of ether oxygens (including phenoxy) is 2. The van der Waals surface area contributed by atoms with Crippen LogP contribution in [0.3, 0.4) is 0 Å². The first-order valence-electron chi connectivity index (χ1n) is 16.8. The average molecular weight is 769 g/mol. The molecule has 2 aromatic carbocycles. The van der Waals surface area contributed by atoms with Gasteiger partial charge in [-0.2, -0.15) is 0 Å². The second-order valence-electron chi connectivity index (χ2n) is 12.2. The molecule has 2 rings (SSSR count). The van der Waals surface area contributed by atoms with E-state index in [-0.39, 0.29) is 13.2 Å². The molecular weight excluding hydrogens is 724 g/mol. The number of hydrogen-bond donors (Lipinski definition) is 7. The number of likely N-dealkylation sites (N-methyl/N-ethyl adjacent to an activating group) is 1. The van der Waals surface area contributed by atoms with Crippen molar-refractivity contribution < 1.29 is 62.8 Å². The summed E-state index contributed by atoms with van der Waals surface area (Å²) in [6.07, 6.45) is -1.72. The van der Waals surface area contributed by atoms with Crippen molar-refractivity contribution in [1.29, 1.82) is 0 Å². The third-order valence-corrected chi connectivity index (χ3v) is 7.38. The van der Waals surface area contributed by atoms with E-state index in [2.05, 4.69) is 26.8 Å². The Labute approximate surface area is 315 Å². The lowest BCUT2D eigenvalue weighted by Gasteiger charge is -2.26. The first-order valence-corrected chi connectivity index (χ1v) is 16.8. The van der Waals surface area contributed by atoms with Crippen LogP contribution >= 0.6 is 0 Å². The number of hydrogen-bond acceptors (Lipinski definition) is 12. The molecule has 296 valence electrons. The van der Waals surface area contributed by atoms with Gasteiger partial charge in [0.1, 0.15) is 31.3 Å². The highest BCUT2D eigenvalue weighted by Gasteiger charge is 2.32. The van der Waals surface area contributed by atoms with Crippen LogP contribution in [-0.4, -0.2) is 100 Å². The summed E-state index contributed by atoms with van der Waals surface area (Å²) in [7, 11) is 1.50. The third kappa shape index (κ3) is 17.6. The maximum absolute atomic E-state index is 13.5. The van der Waals surface area contributed by atoms with Crippen molar-refractivity contribution in [1.82, 2.24) is 31.7 Å². The molecule has 7 N–H and O–H groups in total. The van der Waals surface area contributed by atoms with E-state index in [0.717, 1.165) is 17.7 Å². The fourth-order valence-corrected chi connectivity index (χ4v) is 4.57. The van der Waals surface area contributed by atoms with Gasteiger partial charge in [-0.3, -0.25) is 39.0 Å². The molecule has 0 aliphatic carbocycles. The molecular formula is C36H44N6O13. The van der Waals surface area contributed by atoms with E-state index in [1.807, 2.05) is 6.07 Å². The summed E-state index contributed by atoms with van der Waals surface area (Å²) < 4.78 is 9.79. The average Bonchev–Trinajstić information content (AvgIpc) is 3.13. The second kappa shape index (κ2) is 23.1. The summed E-state index contributed by atoms with van der Waals surface area (Å²) in [5.74, 6) is -9.43. The predicted octanol–water partition coefficient (Wildman–Crippen LogP) is 0.152. The molecule has 0 spiro atoms. The smallest absolute Gasteiger partial charge is 0.408 e. The number of hydrazine groups is 1. The van der Waals surface area contributed by atoms with Gasteiger partial charge in [-0.1, -0.05) is 74.5 Å². The summed E-state index contributed by atoms with van der Waals surface area (Å²) in [5.41, 5.74) is 5.73. The number of esters is 2. The van der Waals surface area contributed by atoms with Crippen molar-refractivity contribution >= 4 is 53.6 Å². The van der Waals surface area contributed by atoms with E-state index in [4.69, 9.17) is 14.6 Å². The van der Waals surface area contributed by atoms with Crippen LogP contribution in [0.1, 0.15) is 44.2 Å². The maximum Gasteiger partial charge on any atom is 0.408 e. The number of benzene rings is 2. The SMILES string of the molecule is CC(C)[C@H](NC(=O)[C@H](CCC(=O)OC(=O)C=CC(=O)N(C)Cc1ccccc1)NC(=O)[C@H](CC(=O)O)NC(=O)OCc1ccccc1)C(=O)NNCC(=O)O. The molecule has 3 atom stereocenters. The number of carboxylic acid groups (broad SMARTS) is 2. The van der Waals surface area contributed by atoms with E-state index in [1.165, 1.54) is 11.9 Å². The Morgan fingerprint density at radius 2 is 1.35 bits per heavy atom. The number of carbonyl (C=O) groups is 9. The second-order valence-corrected chi connectivity index (χ2v) is 12.2. The van der Waals surface area contributed by atoms with Gasteiger partial charge >= 0.3 is 30.0 Å². The third-order valence-electron chi connectivity index (χ3n) is 7.38. The quantitative estimate of drug-likeness (QED) is 0.0386. The van der Waals surface area contributed by atoms with Crippen LogP contribution < -0.4 is 26.8 Å². The lowest BCUT2D eigenvalue weighted by Crippen LogP contribution is -2.59. The number of carboxylic acids is 2. The lowest BCUT2D eigenvalue weighted by molar-refractivity contribution is -0.156. The highest BCUT2D eigenvalue weighted by Crippen LogP contribution is 2.08. The zero-order valence-electron chi connectivity index (χ0n) is 30.3. The van der Waals surface area contributed by atoms with E-state index in [1.54, 1.807) is 68.4 Å². The van der Waals surface area contributed by atoms with E-state index in [0.29, 0.717) is 5.56 Å². The molecule has 55 heavy (non-hydrogen) atoms. The molecule has 0 aliphatic heterocycles. The Bertz CT molecular complexity index is 1700. The molecule has 19 nitrogen and oxygen atoms in total. The van der Waals surface area contributed by atoms with E-state index >= 15 is 0 Å². The Morgan fingerprint density at radius 3 is 1.93 bits per heavy atom. The Kier molecular flexibility index (Phi) is 18.7. The fraction of sp³-hybridized carbons (Fsp3) is 0.361. The molecule has 0 saturated heterocycles. The van der Waals surface area contributed by atoms with Crippen LogP contribution in [-0.2, 0) is 61.0 Å². The van der Waals surface area contributed by atoms with E-state index < -0.39 is 103 Å². The molecule has 0 saturated carbocycles. The minimum atomic E-state index is -1.78. The Morgan fingerprint density at radius 1 is 0.745 bits per heavy atom. The molecule has 0 fully saturated rings. The number of nitrogens with one attached hydrogen (secondary N) is 5. The summed E-state index contributed by atoms with van der Waals surface area (Å²) in [6.45, 7) is 2.47. The summed E-state index contributed by atoms with van der Waals surface area (Å²) in [4.78, 5) is 113. The van der Waals surface area contributed by atoms with Crippen molar-refractivity contribution in [2.24, 2.45) is 5.92 Å². The van der Waals surface area contributed by atoms with Crippen LogP contribution in [0, 0.1) is 5.92 Å². The number of carbonyl (C=O) groups excluding carboxylic acids is 7. The number of aliphatic carboxylic acids is 2. The molecule has 5 amide bonds. The highest BCUT2D eigenvalue weighted by molar-refractivity contribution is 5.98. The normalized spacial score (nSPS) is 12.4. The lowest BCUT2D eigenvalue weighted by atomic mass is 10.0. The first-order chi connectivity index (χ1) is 26.0. The molecule has 0 aromatic heterocycles. The van der Waals surface area contributed by atoms with Crippen molar-refractivity contribution in [3.8, 4) is 0 Å². The number of alkyl carbamates (subject to hydrolysis) is 1. The minimum absolute atomic E-state index is 0.215. The van der Waals surface area contributed by atoms with Crippen LogP contribution in [0.5, 0.6) is 0 Å². The maximum atomic E-state index is 13.5. The first kappa shape index (κ1) is 44.5. The molecule has 2 aromatic rings. The summed E-state index contributed by atoms with van der Waals surface area (Å²) in [6, 6.07) is 12.7. The van der Waals surface area contributed by atoms with Crippen LogP contribution in [0.25, 0.3) is 0 Å². The van der Waals surface area contributed by atoms with Crippen molar-refractivity contribution in [3.05, 3.63) is 83.9 Å². The van der Waals surface area contributed by atoms with Gasteiger partial charge in [-0.05, 0) is 23.5 Å². The van der Waals surface area contributed by atoms with Gasteiger partial charge in [-0.15, -0.1) is 0 Å². The summed E-state index contributed by atoms with van der Waals surface area (Å²) in [5, 5.41) is 25.0. The van der Waals surface area contributed by atoms with Gasteiger partial charge in [0.15, 0.2) is 0 Å². The molecule has 0 aliphatic rings. The standard InChI is InChI=1S/C36H44N6O13/c1-22(2)32(35(52)41-37-19-29(46)47)40-33(50)25(38-34(51)26(18-28(44)45)39-36(53)54-21-24-12-8-5-9-13-24)14-16-30(48)55-31(49)17-15-27(43)42(3)20-23-10-6-4-7-11-23/h4-13,15,17,22,25-26,32,37H,14,16,18-21H2,1-3H3,(H,38,51)(H,39,53)(H,40,50)(H,41,52)(H,44,45)(H,46,47)/t25-,26-,32-/m0/s1. The monoisotopic (exact) mass is 768 g/mol. The summed E-state index contributed by atoms with van der Waals surface area (Å²) >= 11 is 0. The number of nitrogens with zero attached hydrogens (tertiary/aromatic N) is 1. The van der Waals surface area contributed by atoms with Gasteiger partial charge in [-0.25, -0.2) is 15.0 Å². The highest BCUT2D eigenvalue weighted by atomic mass is 16.6. The molecule has 19 heteroatoms.